The van der Waals surface area contributed by atoms with Crippen molar-refractivity contribution < 1.29 is 9.59 Å². The van der Waals surface area contributed by atoms with Crippen LogP contribution in [0.15, 0.2) is 78.9 Å². The number of benzene rings is 3. The van der Waals surface area contributed by atoms with Gasteiger partial charge in [-0.2, -0.15) is 0 Å². The first kappa shape index (κ1) is 24.8. The number of hydrogen-bond acceptors (Lipinski definition) is 3. The van der Waals surface area contributed by atoms with Crippen LogP contribution in [-0.4, -0.2) is 32.3 Å². The van der Waals surface area contributed by atoms with Crippen LogP contribution in [0.1, 0.15) is 59.4 Å². The summed E-state index contributed by atoms with van der Waals surface area (Å²) in [5.74, 6) is 0.612. The number of aryl methyl sites for hydroxylation is 1. The zero-order chi connectivity index (χ0) is 25.6. The molecule has 1 fully saturated rings. The Morgan fingerprint density at radius 1 is 0.919 bits per heavy atom. The SMILES string of the molecule is Cc1ccc(C(=O)NCc2nc3ccccc3n2CC(=O)N(Cc2ccccc2)C2CCCCC2)cc1. The highest BCUT2D eigenvalue weighted by molar-refractivity contribution is 5.94. The van der Waals surface area contributed by atoms with Gasteiger partial charge in [-0.1, -0.05) is 79.4 Å². The summed E-state index contributed by atoms with van der Waals surface area (Å²) in [6, 6.07) is 25.8. The number of fused-ring (bicyclic) bond motifs is 1. The molecule has 0 atom stereocenters. The molecule has 0 radical (unpaired) electrons. The Bertz CT molecular complexity index is 1360. The molecule has 1 aromatic heterocycles. The first-order valence-corrected chi connectivity index (χ1v) is 13.2. The highest BCUT2D eigenvalue weighted by atomic mass is 16.2. The highest BCUT2D eigenvalue weighted by Gasteiger charge is 2.27. The van der Waals surface area contributed by atoms with Crippen LogP contribution in [0.4, 0.5) is 0 Å². The second-order valence-electron chi connectivity index (χ2n) is 9.95. The van der Waals surface area contributed by atoms with Gasteiger partial charge in [0.15, 0.2) is 0 Å². The summed E-state index contributed by atoms with van der Waals surface area (Å²) in [6.45, 7) is 3.04. The molecule has 1 saturated carbocycles. The third kappa shape index (κ3) is 5.91. The Labute approximate surface area is 218 Å². The largest absolute Gasteiger partial charge is 0.345 e. The minimum Gasteiger partial charge on any atom is -0.345 e. The molecule has 1 aliphatic rings. The van der Waals surface area contributed by atoms with Crippen LogP contribution >= 0.6 is 0 Å². The molecule has 1 heterocycles. The Morgan fingerprint density at radius 2 is 1.62 bits per heavy atom. The van der Waals surface area contributed by atoms with Gasteiger partial charge in [-0.25, -0.2) is 4.98 Å². The number of nitrogens with zero attached hydrogens (tertiary/aromatic N) is 3. The monoisotopic (exact) mass is 494 g/mol. The number of hydrogen-bond donors (Lipinski definition) is 1. The van der Waals surface area contributed by atoms with E-state index in [-0.39, 0.29) is 30.9 Å². The van der Waals surface area contributed by atoms with Gasteiger partial charge in [-0.05, 0) is 49.6 Å². The van der Waals surface area contributed by atoms with Crippen molar-refractivity contribution >= 4 is 22.8 Å². The number of carbonyl (C=O) groups is 2. The molecule has 1 N–H and O–H groups in total. The minimum atomic E-state index is -0.155. The van der Waals surface area contributed by atoms with E-state index in [0.717, 1.165) is 47.8 Å². The maximum Gasteiger partial charge on any atom is 0.251 e. The lowest BCUT2D eigenvalue weighted by molar-refractivity contribution is -0.135. The number of amides is 2. The fourth-order valence-electron chi connectivity index (χ4n) is 5.22. The molecule has 6 nitrogen and oxygen atoms in total. The van der Waals surface area contributed by atoms with E-state index in [1.807, 2.05) is 78.2 Å². The van der Waals surface area contributed by atoms with Crippen molar-refractivity contribution in [3.8, 4) is 0 Å². The van der Waals surface area contributed by atoms with Gasteiger partial charge in [0.05, 0.1) is 17.6 Å². The quantitative estimate of drug-likeness (QED) is 0.345. The molecule has 4 aromatic rings. The van der Waals surface area contributed by atoms with Crippen molar-refractivity contribution in [2.45, 2.75) is 64.7 Å². The van der Waals surface area contributed by atoms with Crippen LogP contribution in [0.2, 0.25) is 0 Å². The van der Waals surface area contributed by atoms with Crippen molar-refractivity contribution in [3.05, 3.63) is 101 Å². The van der Waals surface area contributed by atoms with Gasteiger partial charge in [0.25, 0.3) is 5.91 Å². The van der Waals surface area contributed by atoms with Crippen molar-refractivity contribution in [1.82, 2.24) is 19.8 Å². The molecule has 37 heavy (non-hydrogen) atoms. The topological polar surface area (TPSA) is 67.2 Å². The zero-order valence-electron chi connectivity index (χ0n) is 21.4. The lowest BCUT2D eigenvalue weighted by Crippen LogP contribution is -2.42. The fourth-order valence-corrected chi connectivity index (χ4v) is 5.22. The number of aromatic nitrogens is 2. The van der Waals surface area contributed by atoms with Gasteiger partial charge in [0.2, 0.25) is 5.91 Å². The van der Waals surface area contributed by atoms with E-state index in [2.05, 4.69) is 22.3 Å². The third-order valence-corrected chi connectivity index (χ3v) is 7.28. The zero-order valence-corrected chi connectivity index (χ0v) is 21.4. The number of imidazole rings is 1. The minimum absolute atomic E-state index is 0.0880. The van der Waals surface area contributed by atoms with Crippen molar-refractivity contribution in [2.75, 3.05) is 0 Å². The summed E-state index contributed by atoms with van der Waals surface area (Å²) < 4.78 is 1.97. The van der Waals surface area contributed by atoms with Crippen LogP contribution in [-0.2, 0) is 24.4 Å². The van der Waals surface area contributed by atoms with Crippen LogP contribution in [0.3, 0.4) is 0 Å². The fraction of sp³-hybridized carbons (Fsp3) is 0.323. The average molecular weight is 495 g/mol. The molecule has 5 rings (SSSR count). The summed E-state index contributed by atoms with van der Waals surface area (Å²) >= 11 is 0. The Hall–Kier alpha value is -3.93. The second kappa shape index (κ2) is 11.4. The first-order chi connectivity index (χ1) is 18.1. The Balaban J connectivity index is 1.39. The van der Waals surface area contributed by atoms with Gasteiger partial charge >= 0.3 is 0 Å². The maximum atomic E-state index is 13.9. The van der Waals surface area contributed by atoms with E-state index in [4.69, 9.17) is 4.98 Å². The molecule has 0 bridgehead atoms. The summed E-state index contributed by atoms with van der Waals surface area (Å²) in [5.41, 5.74) is 4.58. The Morgan fingerprint density at radius 3 is 2.38 bits per heavy atom. The van der Waals surface area contributed by atoms with Gasteiger partial charge in [0, 0.05) is 18.2 Å². The third-order valence-electron chi connectivity index (χ3n) is 7.28. The number of carbonyl (C=O) groups excluding carboxylic acids is 2. The molecule has 6 heteroatoms. The van der Waals surface area contributed by atoms with E-state index < -0.39 is 0 Å². The van der Waals surface area contributed by atoms with Gasteiger partial charge in [-0.3, -0.25) is 9.59 Å². The number of nitrogens with one attached hydrogen (secondary N) is 1. The molecule has 0 saturated heterocycles. The van der Waals surface area contributed by atoms with Gasteiger partial charge in [-0.15, -0.1) is 0 Å². The van der Waals surface area contributed by atoms with E-state index in [1.165, 1.54) is 6.42 Å². The first-order valence-electron chi connectivity index (χ1n) is 13.2. The standard InChI is InChI=1S/C31H34N4O2/c1-23-16-18-25(19-17-23)31(37)32-20-29-33-27-14-8-9-15-28(27)35(29)22-30(36)34(26-12-6-3-7-13-26)21-24-10-4-2-5-11-24/h2,4-5,8-11,14-19,26H,3,6-7,12-13,20-22H2,1H3,(H,32,37). The predicted molar refractivity (Wildman–Crippen MR) is 146 cm³/mol. The molecular weight excluding hydrogens is 460 g/mol. The number of para-hydroxylation sites is 2. The van der Waals surface area contributed by atoms with Crippen LogP contribution in [0, 0.1) is 6.92 Å². The van der Waals surface area contributed by atoms with Crippen molar-refractivity contribution in [1.29, 1.82) is 0 Å². The molecule has 0 unspecified atom stereocenters. The van der Waals surface area contributed by atoms with Crippen LogP contribution in [0.5, 0.6) is 0 Å². The van der Waals surface area contributed by atoms with E-state index in [0.29, 0.717) is 17.9 Å². The number of rotatable bonds is 8. The second-order valence-corrected chi connectivity index (χ2v) is 9.95. The average Bonchev–Trinajstić information content (AvgIpc) is 3.29. The van der Waals surface area contributed by atoms with Crippen LogP contribution < -0.4 is 5.32 Å². The van der Waals surface area contributed by atoms with E-state index in [1.54, 1.807) is 0 Å². The molecule has 3 aromatic carbocycles. The molecular formula is C31H34N4O2. The van der Waals surface area contributed by atoms with Gasteiger partial charge < -0.3 is 14.8 Å². The maximum absolute atomic E-state index is 13.9. The molecule has 190 valence electrons. The molecule has 2 amide bonds. The van der Waals surface area contributed by atoms with Gasteiger partial charge in [0.1, 0.15) is 12.4 Å². The lowest BCUT2D eigenvalue weighted by Gasteiger charge is -2.35. The highest BCUT2D eigenvalue weighted by Crippen LogP contribution is 2.25. The Kier molecular flexibility index (Phi) is 7.64. The smallest absolute Gasteiger partial charge is 0.251 e. The predicted octanol–water partition coefficient (Wildman–Crippen LogP) is 5.64. The van der Waals surface area contributed by atoms with E-state index in [9.17, 15) is 9.59 Å². The summed E-state index contributed by atoms with van der Waals surface area (Å²) in [7, 11) is 0. The molecule has 0 spiro atoms. The molecule has 0 aliphatic heterocycles. The van der Waals surface area contributed by atoms with Crippen molar-refractivity contribution in [3.63, 3.8) is 0 Å². The van der Waals surface area contributed by atoms with Crippen molar-refractivity contribution in [2.24, 2.45) is 0 Å². The summed E-state index contributed by atoms with van der Waals surface area (Å²) in [4.78, 5) is 33.5. The lowest BCUT2D eigenvalue weighted by atomic mass is 9.93. The van der Waals surface area contributed by atoms with E-state index >= 15 is 0 Å². The van der Waals surface area contributed by atoms with Crippen LogP contribution in [0.25, 0.3) is 11.0 Å². The molecule has 1 aliphatic carbocycles. The summed E-state index contributed by atoms with van der Waals surface area (Å²) in [6.07, 6.45) is 5.65. The normalized spacial score (nSPS) is 14.0. The summed E-state index contributed by atoms with van der Waals surface area (Å²) in [5, 5.41) is 2.99.